The number of esters is 1. The highest BCUT2D eigenvalue weighted by molar-refractivity contribution is 6.43. The molecule has 18 heavy (non-hydrogen) atoms. The van der Waals surface area contributed by atoms with Gasteiger partial charge in [0.05, 0.1) is 12.3 Å². The van der Waals surface area contributed by atoms with Gasteiger partial charge in [-0.3, -0.25) is 5.43 Å². The van der Waals surface area contributed by atoms with Crippen LogP contribution in [0.15, 0.2) is 23.3 Å². The van der Waals surface area contributed by atoms with Crippen LogP contribution in [0, 0.1) is 25.2 Å². The van der Waals surface area contributed by atoms with Gasteiger partial charge in [0.15, 0.2) is 0 Å². The van der Waals surface area contributed by atoms with Crippen molar-refractivity contribution in [3.8, 4) is 6.07 Å². The number of carbonyl (C=O) groups excluding carboxylic acids is 1. The second-order valence-electron chi connectivity index (χ2n) is 3.78. The third-order valence-electron chi connectivity index (χ3n) is 2.09. The van der Waals surface area contributed by atoms with Crippen molar-refractivity contribution in [2.45, 2.75) is 20.8 Å². The number of benzene rings is 1. The van der Waals surface area contributed by atoms with Crippen molar-refractivity contribution in [2.24, 2.45) is 5.10 Å². The zero-order valence-corrected chi connectivity index (χ0v) is 10.7. The molecule has 1 N–H and O–H groups in total. The fourth-order valence-electron chi connectivity index (χ4n) is 1.48. The van der Waals surface area contributed by atoms with Gasteiger partial charge in [0.1, 0.15) is 6.07 Å². The average Bonchev–Trinajstić information content (AvgIpc) is 2.29. The Balaban J connectivity index is 2.83. The van der Waals surface area contributed by atoms with E-state index in [1.165, 1.54) is 0 Å². The summed E-state index contributed by atoms with van der Waals surface area (Å²) in [6.45, 7) is 5.80. The Labute approximate surface area is 106 Å². The van der Waals surface area contributed by atoms with E-state index in [1.807, 2.05) is 32.0 Å². The molecule has 0 bridgehead atoms. The number of anilines is 1. The molecule has 0 atom stereocenters. The van der Waals surface area contributed by atoms with E-state index in [4.69, 9.17) is 10.00 Å². The van der Waals surface area contributed by atoms with E-state index >= 15 is 0 Å². The molecule has 0 aliphatic rings. The van der Waals surface area contributed by atoms with Crippen LogP contribution in [0.4, 0.5) is 5.69 Å². The van der Waals surface area contributed by atoms with Crippen molar-refractivity contribution in [2.75, 3.05) is 12.0 Å². The molecule has 0 saturated heterocycles. The number of hydrazone groups is 1. The molecule has 0 radical (unpaired) electrons. The number of nitrogens with zero attached hydrogens (tertiary/aromatic N) is 2. The van der Waals surface area contributed by atoms with Gasteiger partial charge >= 0.3 is 5.97 Å². The van der Waals surface area contributed by atoms with Gasteiger partial charge in [-0.15, -0.1) is 0 Å². The summed E-state index contributed by atoms with van der Waals surface area (Å²) in [5.41, 5.74) is 5.26. The second-order valence-corrected chi connectivity index (χ2v) is 3.78. The molecule has 0 heterocycles. The van der Waals surface area contributed by atoms with Crippen molar-refractivity contribution in [3.05, 3.63) is 29.3 Å². The Morgan fingerprint density at radius 1 is 1.39 bits per heavy atom. The lowest BCUT2D eigenvalue weighted by Crippen LogP contribution is -2.17. The van der Waals surface area contributed by atoms with Gasteiger partial charge < -0.3 is 4.74 Å². The smallest absolute Gasteiger partial charge is 0.369 e. The lowest BCUT2D eigenvalue weighted by Gasteiger charge is -2.04. The summed E-state index contributed by atoms with van der Waals surface area (Å²) >= 11 is 0. The van der Waals surface area contributed by atoms with E-state index in [0.717, 1.165) is 16.8 Å². The number of hydrogen-bond donors (Lipinski definition) is 1. The summed E-state index contributed by atoms with van der Waals surface area (Å²) in [5.74, 6) is -0.725. The summed E-state index contributed by atoms with van der Waals surface area (Å²) in [5, 5.41) is 12.5. The highest BCUT2D eigenvalue weighted by Crippen LogP contribution is 2.13. The van der Waals surface area contributed by atoms with Crippen LogP contribution in [0.2, 0.25) is 0 Å². The lowest BCUT2D eigenvalue weighted by molar-refractivity contribution is -0.134. The number of rotatable bonds is 4. The molecule has 0 aromatic heterocycles. The normalized spacial score (nSPS) is 10.7. The Morgan fingerprint density at radius 3 is 2.50 bits per heavy atom. The molecule has 0 spiro atoms. The number of ether oxygens (including phenoxy) is 1. The minimum atomic E-state index is -0.725. The monoisotopic (exact) mass is 245 g/mol. The van der Waals surface area contributed by atoms with E-state index in [1.54, 1.807) is 13.0 Å². The number of nitriles is 1. The molecule has 0 aliphatic heterocycles. The third-order valence-corrected chi connectivity index (χ3v) is 2.09. The predicted molar refractivity (Wildman–Crippen MR) is 69.2 cm³/mol. The standard InChI is InChI=1S/C13H15N3O2/c1-4-18-13(17)12(8-14)16-15-11-6-9(2)5-10(3)7-11/h5-7,15H,4H2,1-3H3/b16-12+. The Kier molecular flexibility index (Phi) is 4.88. The topological polar surface area (TPSA) is 74.5 Å². The second kappa shape index (κ2) is 6.40. The quantitative estimate of drug-likeness (QED) is 0.501. The van der Waals surface area contributed by atoms with Gasteiger partial charge in [0, 0.05) is 0 Å². The number of aryl methyl sites for hydroxylation is 2. The third kappa shape index (κ3) is 3.91. The Morgan fingerprint density at radius 2 is 2.00 bits per heavy atom. The first-order valence-electron chi connectivity index (χ1n) is 5.56. The maximum Gasteiger partial charge on any atom is 0.369 e. The summed E-state index contributed by atoms with van der Waals surface area (Å²) in [6, 6.07) is 7.46. The van der Waals surface area contributed by atoms with Crippen molar-refractivity contribution < 1.29 is 9.53 Å². The first-order chi connectivity index (χ1) is 8.56. The molecule has 0 fully saturated rings. The van der Waals surface area contributed by atoms with Crippen LogP contribution in [0.25, 0.3) is 0 Å². The molecule has 0 saturated carbocycles. The van der Waals surface area contributed by atoms with Crippen LogP contribution in [-0.2, 0) is 9.53 Å². The molecular formula is C13H15N3O2. The molecule has 0 unspecified atom stereocenters. The number of hydrogen-bond acceptors (Lipinski definition) is 5. The Bertz CT molecular complexity index is 495. The molecule has 1 aromatic carbocycles. The summed E-state index contributed by atoms with van der Waals surface area (Å²) in [4.78, 5) is 11.3. The molecule has 0 amide bonds. The van der Waals surface area contributed by atoms with Crippen LogP contribution >= 0.6 is 0 Å². The van der Waals surface area contributed by atoms with Crippen molar-refractivity contribution >= 4 is 17.4 Å². The van der Waals surface area contributed by atoms with Gasteiger partial charge in [-0.05, 0) is 44.0 Å². The predicted octanol–water partition coefficient (Wildman–Crippen LogP) is 2.16. The van der Waals surface area contributed by atoms with Gasteiger partial charge in [0.25, 0.3) is 0 Å². The van der Waals surface area contributed by atoms with Crippen molar-refractivity contribution in [1.29, 1.82) is 5.26 Å². The van der Waals surface area contributed by atoms with Gasteiger partial charge in [0.2, 0.25) is 5.71 Å². The SMILES string of the molecule is CCOC(=O)/C(C#N)=N/Nc1cc(C)cc(C)c1. The van der Waals surface area contributed by atoms with Gasteiger partial charge in [-0.25, -0.2) is 4.79 Å². The molecule has 5 heteroatoms. The largest absolute Gasteiger partial charge is 0.461 e. The van der Waals surface area contributed by atoms with E-state index < -0.39 is 5.97 Å². The first kappa shape index (κ1) is 13.7. The number of nitrogens with one attached hydrogen (secondary N) is 1. The highest BCUT2D eigenvalue weighted by Gasteiger charge is 2.11. The zero-order valence-electron chi connectivity index (χ0n) is 10.7. The highest BCUT2D eigenvalue weighted by atomic mass is 16.5. The average molecular weight is 245 g/mol. The molecule has 1 aromatic rings. The molecule has 1 rings (SSSR count). The van der Waals surface area contributed by atoms with Crippen molar-refractivity contribution in [1.82, 2.24) is 0 Å². The minimum absolute atomic E-state index is 0.211. The summed E-state index contributed by atoms with van der Waals surface area (Å²) < 4.78 is 4.70. The van der Waals surface area contributed by atoms with E-state index in [2.05, 4.69) is 10.5 Å². The molecular weight excluding hydrogens is 230 g/mol. The Hall–Kier alpha value is -2.35. The number of carbonyl (C=O) groups is 1. The molecule has 0 aliphatic carbocycles. The molecule has 94 valence electrons. The summed E-state index contributed by atoms with van der Waals surface area (Å²) in [6.07, 6.45) is 0. The lowest BCUT2D eigenvalue weighted by atomic mass is 10.1. The van der Waals surface area contributed by atoms with E-state index in [0.29, 0.717) is 0 Å². The minimum Gasteiger partial charge on any atom is -0.461 e. The van der Waals surface area contributed by atoms with Crippen molar-refractivity contribution in [3.63, 3.8) is 0 Å². The van der Waals surface area contributed by atoms with Crippen LogP contribution < -0.4 is 5.43 Å². The van der Waals surface area contributed by atoms with E-state index in [-0.39, 0.29) is 12.3 Å². The van der Waals surface area contributed by atoms with Crippen LogP contribution in [0.3, 0.4) is 0 Å². The summed E-state index contributed by atoms with van der Waals surface area (Å²) in [7, 11) is 0. The maximum atomic E-state index is 11.3. The fraction of sp³-hybridized carbons (Fsp3) is 0.308. The van der Waals surface area contributed by atoms with Crippen LogP contribution in [-0.4, -0.2) is 18.3 Å². The fourth-order valence-corrected chi connectivity index (χ4v) is 1.48. The first-order valence-corrected chi connectivity index (χ1v) is 5.56. The zero-order chi connectivity index (χ0) is 13.5. The van der Waals surface area contributed by atoms with Gasteiger partial charge in [-0.2, -0.15) is 10.4 Å². The molecule has 5 nitrogen and oxygen atoms in total. The van der Waals surface area contributed by atoms with Crippen LogP contribution in [0.5, 0.6) is 0 Å². The van der Waals surface area contributed by atoms with Crippen LogP contribution in [0.1, 0.15) is 18.1 Å². The maximum absolute atomic E-state index is 11.3. The van der Waals surface area contributed by atoms with Gasteiger partial charge in [-0.1, -0.05) is 6.07 Å². The van der Waals surface area contributed by atoms with E-state index in [9.17, 15) is 4.79 Å².